The molecule has 0 bridgehead atoms. The largest absolute Gasteiger partial charge is 0.388 e. The molecule has 0 aromatic heterocycles. The van der Waals surface area contributed by atoms with E-state index in [9.17, 15) is 9.50 Å². The van der Waals surface area contributed by atoms with Crippen molar-refractivity contribution in [2.45, 2.75) is 46.3 Å². The van der Waals surface area contributed by atoms with Crippen molar-refractivity contribution in [2.24, 2.45) is 5.41 Å². The molecule has 0 aliphatic heterocycles. The quantitative estimate of drug-likeness (QED) is 0.881. The van der Waals surface area contributed by atoms with Gasteiger partial charge in [-0.1, -0.05) is 32.9 Å². The molecule has 3 heteroatoms. The van der Waals surface area contributed by atoms with Crippen molar-refractivity contribution in [3.05, 3.63) is 35.6 Å². The molecule has 2 unspecified atom stereocenters. The molecule has 0 amide bonds. The lowest BCUT2D eigenvalue weighted by Gasteiger charge is -2.35. The third-order valence-corrected chi connectivity index (χ3v) is 3.90. The van der Waals surface area contributed by atoms with Crippen molar-refractivity contribution in [3.8, 4) is 0 Å². The normalized spacial score (nSPS) is 15.6. The topological polar surface area (TPSA) is 23.5 Å². The first-order valence-corrected chi connectivity index (χ1v) is 6.85. The molecular weight excluding hydrogens is 241 g/mol. The molecule has 2 nitrogen and oxygen atoms in total. The molecule has 0 heterocycles. The Balaban J connectivity index is 2.53. The lowest BCUT2D eigenvalue weighted by molar-refractivity contribution is 0.104. The van der Waals surface area contributed by atoms with Gasteiger partial charge in [0, 0.05) is 12.6 Å². The highest BCUT2D eigenvalue weighted by Crippen LogP contribution is 2.24. The van der Waals surface area contributed by atoms with E-state index in [1.807, 2.05) is 0 Å². The summed E-state index contributed by atoms with van der Waals surface area (Å²) in [7, 11) is 2.06. The Morgan fingerprint density at radius 1 is 1.32 bits per heavy atom. The van der Waals surface area contributed by atoms with Crippen LogP contribution in [-0.4, -0.2) is 29.6 Å². The minimum atomic E-state index is -0.606. The molecule has 0 saturated heterocycles. The molecule has 108 valence electrons. The van der Waals surface area contributed by atoms with Crippen LogP contribution in [0.3, 0.4) is 0 Å². The Morgan fingerprint density at radius 2 is 1.95 bits per heavy atom. The highest BCUT2D eigenvalue weighted by atomic mass is 19.1. The molecule has 0 saturated carbocycles. The van der Waals surface area contributed by atoms with Crippen molar-refractivity contribution >= 4 is 0 Å². The Hall–Kier alpha value is -0.930. The third kappa shape index (κ3) is 4.92. The molecule has 2 atom stereocenters. The standard InChI is InChI=1S/C16H26FNO/c1-12(16(2,3)4)18(5)10-9-15(19)13-7-6-8-14(17)11-13/h6-8,11-12,15,19H,9-10H2,1-5H3. The van der Waals surface area contributed by atoms with E-state index in [1.54, 1.807) is 12.1 Å². The fourth-order valence-corrected chi connectivity index (χ4v) is 2.06. The fourth-order valence-electron chi connectivity index (χ4n) is 2.06. The SMILES string of the molecule is CC(N(C)CCC(O)c1cccc(F)c1)C(C)(C)C. The van der Waals surface area contributed by atoms with E-state index >= 15 is 0 Å². The van der Waals surface area contributed by atoms with Crippen LogP contribution in [-0.2, 0) is 0 Å². The number of rotatable bonds is 5. The average Bonchev–Trinajstić information content (AvgIpc) is 2.33. The predicted molar refractivity (Wildman–Crippen MR) is 77.5 cm³/mol. The van der Waals surface area contributed by atoms with Gasteiger partial charge in [0.15, 0.2) is 0 Å². The van der Waals surface area contributed by atoms with Crippen LogP contribution in [0, 0.1) is 11.2 Å². The zero-order valence-electron chi connectivity index (χ0n) is 12.7. The molecule has 1 aromatic carbocycles. The lowest BCUT2D eigenvalue weighted by atomic mass is 9.87. The summed E-state index contributed by atoms with van der Waals surface area (Å²) in [4.78, 5) is 2.24. The summed E-state index contributed by atoms with van der Waals surface area (Å²) in [6, 6.07) is 6.62. The van der Waals surface area contributed by atoms with Crippen LogP contribution in [0.15, 0.2) is 24.3 Å². The molecule has 1 rings (SSSR count). The van der Waals surface area contributed by atoms with Gasteiger partial charge in [-0.2, -0.15) is 0 Å². The van der Waals surface area contributed by atoms with Crippen LogP contribution in [0.2, 0.25) is 0 Å². The van der Waals surface area contributed by atoms with E-state index in [2.05, 4.69) is 39.6 Å². The van der Waals surface area contributed by atoms with E-state index in [-0.39, 0.29) is 11.2 Å². The fraction of sp³-hybridized carbons (Fsp3) is 0.625. The van der Waals surface area contributed by atoms with E-state index in [0.29, 0.717) is 18.0 Å². The number of benzene rings is 1. The third-order valence-electron chi connectivity index (χ3n) is 3.90. The molecule has 0 radical (unpaired) electrons. The first-order valence-electron chi connectivity index (χ1n) is 6.85. The van der Waals surface area contributed by atoms with Gasteiger partial charge in [0.05, 0.1) is 6.10 Å². The van der Waals surface area contributed by atoms with Gasteiger partial charge >= 0.3 is 0 Å². The molecular formula is C16H26FNO. The second-order valence-electron chi connectivity index (χ2n) is 6.38. The predicted octanol–water partition coefficient (Wildman–Crippen LogP) is 3.62. The molecule has 0 aliphatic carbocycles. The van der Waals surface area contributed by atoms with Crippen molar-refractivity contribution in [1.29, 1.82) is 0 Å². The number of aliphatic hydroxyl groups is 1. The Kier molecular flexibility index (Phi) is 5.50. The first-order chi connectivity index (χ1) is 8.71. The van der Waals surface area contributed by atoms with E-state index in [4.69, 9.17) is 0 Å². The summed E-state index contributed by atoms with van der Waals surface area (Å²) in [5.74, 6) is -0.298. The maximum atomic E-state index is 13.1. The number of halogens is 1. The highest BCUT2D eigenvalue weighted by molar-refractivity contribution is 5.18. The van der Waals surface area contributed by atoms with Crippen LogP contribution in [0.1, 0.15) is 45.8 Å². The molecule has 1 aromatic rings. The van der Waals surface area contributed by atoms with Gasteiger partial charge < -0.3 is 10.0 Å². The van der Waals surface area contributed by atoms with Gasteiger partial charge in [0.2, 0.25) is 0 Å². The lowest BCUT2D eigenvalue weighted by Crippen LogP contribution is -2.40. The minimum Gasteiger partial charge on any atom is -0.388 e. The summed E-state index contributed by atoms with van der Waals surface area (Å²) in [6.07, 6.45) is 0.00529. The number of aliphatic hydroxyl groups excluding tert-OH is 1. The molecule has 19 heavy (non-hydrogen) atoms. The van der Waals surface area contributed by atoms with Crippen molar-refractivity contribution in [1.82, 2.24) is 4.90 Å². The second-order valence-corrected chi connectivity index (χ2v) is 6.38. The number of hydrogen-bond acceptors (Lipinski definition) is 2. The van der Waals surface area contributed by atoms with Gasteiger partial charge in [0.1, 0.15) is 5.82 Å². The summed E-state index contributed by atoms with van der Waals surface area (Å²) in [6.45, 7) is 9.59. The van der Waals surface area contributed by atoms with Gasteiger partial charge in [-0.25, -0.2) is 4.39 Å². The van der Waals surface area contributed by atoms with E-state index in [0.717, 1.165) is 6.54 Å². The molecule has 0 fully saturated rings. The van der Waals surface area contributed by atoms with Gasteiger partial charge in [-0.15, -0.1) is 0 Å². The van der Waals surface area contributed by atoms with Crippen LogP contribution in [0.25, 0.3) is 0 Å². The zero-order valence-corrected chi connectivity index (χ0v) is 12.7. The van der Waals surface area contributed by atoms with Gasteiger partial charge in [-0.3, -0.25) is 0 Å². The second kappa shape index (κ2) is 6.49. The monoisotopic (exact) mass is 267 g/mol. The van der Waals surface area contributed by atoms with Gasteiger partial charge in [-0.05, 0) is 43.5 Å². The maximum Gasteiger partial charge on any atom is 0.123 e. The summed E-state index contributed by atoms with van der Waals surface area (Å²) in [5, 5.41) is 10.1. The summed E-state index contributed by atoms with van der Waals surface area (Å²) >= 11 is 0. The summed E-state index contributed by atoms with van der Waals surface area (Å²) < 4.78 is 13.1. The van der Waals surface area contributed by atoms with Crippen LogP contribution in [0.5, 0.6) is 0 Å². The Morgan fingerprint density at radius 3 is 2.47 bits per heavy atom. The Labute approximate surface area is 116 Å². The van der Waals surface area contributed by atoms with Crippen LogP contribution in [0.4, 0.5) is 4.39 Å². The molecule has 0 spiro atoms. The van der Waals surface area contributed by atoms with Crippen molar-refractivity contribution in [3.63, 3.8) is 0 Å². The zero-order chi connectivity index (χ0) is 14.6. The molecule has 0 aliphatic rings. The maximum absolute atomic E-state index is 13.1. The highest BCUT2D eigenvalue weighted by Gasteiger charge is 2.24. The van der Waals surface area contributed by atoms with Crippen molar-refractivity contribution in [2.75, 3.05) is 13.6 Å². The van der Waals surface area contributed by atoms with Crippen LogP contribution < -0.4 is 0 Å². The minimum absolute atomic E-state index is 0.207. The molecule has 1 N–H and O–H groups in total. The van der Waals surface area contributed by atoms with E-state index in [1.165, 1.54) is 12.1 Å². The number of hydrogen-bond donors (Lipinski definition) is 1. The number of nitrogens with zero attached hydrogens (tertiary/aromatic N) is 1. The van der Waals surface area contributed by atoms with Gasteiger partial charge in [0.25, 0.3) is 0 Å². The average molecular weight is 267 g/mol. The van der Waals surface area contributed by atoms with Crippen molar-refractivity contribution < 1.29 is 9.50 Å². The smallest absolute Gasteiger partial charge is 0.123 e. The first kappa shape index (κ1) is 16.1. The van der Waals surface area contributed by atoms with Crippen LogP contribution >= 0.6 is 0 Å². The Bertz CT molecular complexity index is 400. The van der Waals surface area contributed by atoms with E-state index < -0.39 is 6.10 Å². The summed E-state index contributed by atoms with van der Waals surface area (Å²) in [5.41, 5.74) is 0.857.